The molecule has 33 heavy (non-hydrogen) atoms. The number of ether oxygens (including phenoxy) is 1. The number of amides is 3. The molecule has 1 aliphatic rings. The Kier molecular flexibility index (Phi) is 6.40. The van der Waals surface area contributed by atoms with Crippen LogP contribution in [0.4, 0.5) is 5.69 Å². The van der Waals surface area contributed by atoms with Gasteiger partial charge in [0, 0.05) is 5.56 Å². The van der Waals surface area contributed by atoms with E-state index in [1.165, 1.54) is 5.01 Å². The van der Waals surface area contributed by atoms with Gasteiger partial charge in [-0.15, -0.1) is 0 Å². The molecule has 3 aromatic carbocycles. The van der Waals surface area contributed by atoms with Crippen LogP contribution in [0.25, 0.3) is 11.1 Å². The first-order valence-electron chi connectivity index (χ1n) is 10.8. The van der Waals surface area contributed by atoms with E-state index in [-0.39, 0.29) is 12.5 Å². The van der Waals surface area contributed by atoms with Gasteiger partial charge in [-0.1, -0.05) is 60.7 Å². The average Bonchev–Trinajstić information content (AvgIpc) is 2.93. The first kappa shape index (κ1) is 22.1. The number of hydrogen-bond acceptors (Lipinski definition) is 4. The third-order valence-corrected chi connectivity index (χ3v) is 5.56. The molecule has 168 valence electrons. The van der Waals surface area contributed by atoms with E-state index in [0.29, 0.717) is 11.4 Å². The first-order chi connectivity index (χ1) is 16.0. The molecule has 0 aromatic heterocycles. The average molecular weight is 444 g/mol. The molecule has 1 aliphatic heterocycles. The van der Waals surface area contributed by atoms with Gasteiger partial charge in [0.25, 0.3) is 17.7 Å². The molecule has 2 N–H and O–H groups in total. The number of nitrogens with zero attached hydrogens (tertiary/aromatic N) is 1. The topological polar surface area (TPSA) is 87.7 Å². The summed E-state index contributed by atoms with van der Waals surface area (Å²) in [5, 5.41) is 3.89. The molecule has 0 unspecified atom stereocenters. The van der Waals surface area contributed by atoms with E-state index in [1.807, 2.05) is 55.5 Å². The van der Waals surface area contributed by atoms with E-state index >= 15 is 0 Å². The molecule has 2 atom stereocenters. The Morgan fingerprint density at radius 2 is 1.58 bits per heavy atom. The van der Waals surface area contributed by atoms with Crippen LogP contribution < -0.4 is 20.5 Å². The highest BCUT2D eigenvalue weighted by molar-refractivity contribution is 6.06. The van der Waals surface area contributed by atoms with E-state index in [0.717, 1.165) is 16.7 Å². The number of rotatable bonds is 6. The summed E-state index contributed by atoms with van der Waals surface area (Å²) >= 11 is 0. The van der Waals surface area contributed by atoms with Crippen LogP contribution in [0.1, 0.15) is 25.3 Å². The van der Waals surface area contributed by atoms with Crippen LogP contribution in [0.5, 0.6) is 5.75 Å². The fraction of sp³-hybridized carbons (Fsp3) is 0.192. The summed E-state index contributed by atoms with van der Waals surface area (Å²) in [7, 11) is 0. The van der Waals surface area contributed by atoms with Crippen molar-refractivity contribution in [2.24, 2.45) is 0 Å². The second-order valence-electron chi connectivity index (χ2n) is 7.87. The molecule has 0 radical (unpaired) electrons. The zero-order valence-electron chi connectivity index (χ0n) is 18.4. The number of carbonyl (C=O) groups is 3. The second kappa shape index (κ2) is 9.56. The maximum Gasteiger partial charge on any atom is 0.261 e. The van der Waals surface area contributed by atoms with Gasteiger partial charge >= 0.3 is 0 Å². The standard InChI is InChI=1S/C26H25N3O4/c1-17-20-12-6-7-13-21(20)22-14-8-9-15-23(22)29(26(17)32)28-25(31)18(2)27-24(30)16-33-19-10-4-3-5-11-19/h3-15,17-18H,16H2,1-2H3,(H,27,30)(H,28,31)/t17-,18-/m0/s1. The molecular weight excluding hydrogens is 418 g/mol. The highest BCUT2D eigenvalue weighted by Crippen LogP contribution is 2.39. The monoisotopic (exact) mass is 443 g/mol. The Morgan fingerprint density at radius 1 is 0.939 bits per heavy atom. The van der Waals surface area contributed by atoms with Gasteiger partial charge in [-0.2, -0.15) is 0 Å². The molecule has 3 amide bonds. The number of para-hydroxylation sites is 2. The summed E-state index contributed by atoms with van der Waals surface area (Å²) < 4.78 is 5.42. The largest absolute Gasteiger partial charge is 0.484 e. The van der Waals surface area contributed by atoms with E-state index in [9.17, 15) is 14.4 Å². The smallest absolute Gasteiger partial charge is 0.261 e. The SMILES string of the molecule is C[C@H](NC(=O)COc1ccccc1)C(=O)NN1C(=O)[C@@H](C)c2ccccc2-c2ccccc21. The highest BCUT2D eigenvalue weighted by atomic mass is 16.5. The van der Waals surface area contributed by atoms with Crippen molar-refractivity contribution in [1.82, 2.24) is 10.7 Å². The minimum Gasteiger partial charge on any atom is -0.484 e. The van der Waals surface area contributed by atoms with Crippen LogP contribution in [0.3, 0.4) is 0 Å². The van der Waals surface area contributed by atoms with Gasteiger partial charge < -0.3 is 10.1 Å². The van der Waals surface area contributed by atoms with Gasteiger partial charge in [0.2, 0.25) is 0 Å². The van der Waals surface area contributed by atoms with Crippen molar-refractivity contribution in [2.75, 3.05) is 11.6 Å². The lowest BCUT2D eigenvalue weighted by Gasteiger charge is -2.27. The van der Waals surface area contributed by atoms with E-state index < -0.39 is 23.8 Å². The lowest BCUT2D eigenvalue weighted by Crippen LogP contribution is -2.54. The predicted molar refractivity (Wildman–Crippen MR) is 125 cm³/mol. The number of carbonyl (C=O) groups excluding carboxylic acids is 3. The summed E-state index contributed by atoms with van der Waals surface area (Å²) in [5.74, 6) is -1.11. The molecule has 0 fully saturated rings. The van der Waals surface area contributed by atoms with Gasteiger partial charge in [-0.25, -0.2) is 5.01 Å². The number of hydrogen-bond donors (Lipinski definition) is 2. The third kappa shape index (κ3) is 4.72. The molecule has 0 saturated heterocycles. The summed E-state index contributed by atoms with van der Waals surface area (Å²) in [6.07, 6.45) is 0. The Morgan fingerprint density at radius 3 is 2.33 bits per heavy atom. The quantitative estimate of drug-likeness (QED) is 0.611. The minimum atomic E-state index is -0.877. The molecule has 4 rings (SSSR count). The summed E-state index contributed by atoms with van der Waals surface area (Å²) in [4.78, 5) is 38.5. The minimum absolute atomic E-state index is 0.223. The maximum atomic E-state index is 13.3. The van der Waals surface area contributed by atoms with E-state index in [1.54, 1.807) is 37.3 Å². The van der Waals surface area contributed by atoms with Gasteiger partial charge in [-0.3, -0.25) is 19.8 Å². The molecule has 0 saturated carbocycles. The molecule has 7 nitrogen and oxygen atoms in total. The zero-order valence-corrected chi connectivity index (χ0v) is 18.4. The van der Waals surface area contributed by atoms with Crippen LogP contribution in [-0.4, -0.2) is 30.4 Å². The Balaban J connectivity index is 1.48. The summed E-state index contributed by atoms with van der Waals surface area (Å²) in [5.41, 5.74) is 5.97. The normalized spacial score (nSPS) is 15.5. The highest BCUT2D eigenvalue weighted by Gasteiger charge is 2.33. The summed E-state index contributed by atoms with van der Waals surface area (Å²) in [6, 6.07) is 23.2. The number of nitrogens with one attached hydrogen (secondary N) is 2. The van der Waals surface area contributed by atoms with Crippen molar-refractivity contribution < 1.29 is 19.1 Å². The van der Waals surface area contributed by atoms with Gasteiger partial charge in [0.05, 0.1) is 11.6 Å². The zero-order chi connectivity index (χ0) is 23.4. The van der Waals surface area contributed by atoms with Crippen molar-refractivity contribution in [1.29, 1.82) is 0 Å². The molecule has 0 aliphatic carbocycles. The Bertz CT molecular complexity index is 1180. The second-order valence-corrected chi connectivity index (χ2v) is 7.87. The molecule has 0 spiro atoms. The molecule has 7 heteroatoms. The number of fused-ring (bicyclic) bond motifs is 3. The van der Waals surface area contributed by atoms with Crippen LogP contribution in [0.15, 0.2) is 78.9 Å². The Hall–Kier alpha value is -4.13. The third-order valence-electron chi connectivity index (χ3n) is 5.56. The first-order valence-corrected chi connectivity index (χ1v) is 10.8. The van der Waals surface area contributed by atoms with Crippen molar-refractivity contribution in [3.8, 4) is 16.9 Å². The fourth-order valence-electron chi connectivity index (χ4n) is 3.80. The van der Waals surface area contributed by atoms with Crippen LogP contribution in [-0.2, 0) is 14.4 Å². The molecule has 0 bridgehead atoms. The lowest BCUT2D eigenvalue weighted by molar-refractivity contribution is -0.131. The van der Waals surface area contributed by atoms with E-state index in [4.69, 9.17) is 4.74 Å². The predicted octanol–water partition coefficient (Wildman–Crippen LogP) is 3.42. The maximum absolute atomic E-state index is 13.3. The van der Waals surface area contributed by atoms with Crippen LogP contribution >= 0.6 is 0 Å². The fourth-order valence-corrected chi connectivity index (χ4v) is 3.80. The van der Waals surface area contributed by atoms with Crippen molar-refractivity contribution in [3.63, 3.8) is 0 Å². The van der Waals surface area contributed by atoms with Gasteiger partial charge in [0.1, 0.15) is 11.8 Å². The number of benzene rings is 3. The lowest BCUT2D eigenvalue weighted by atomic mass is 9.92. The van der Waals surface area contributed by atoms with Gasteiger partial charge in [0.15, 0.2) is 6.61 Å². The molecular formula is C26H25N3O4. The molecule has 3 aromatic rings. The van der Waals surface area contributed by atoms with E-state index in [2.05, 4.69) is 10.7 Å². The summed E-state index contributed by atoms with van der Waals surface area (Å²) in [6.45, 7) is 3.15. The molecule has 1 heterocycles. The van der Waals surface area contributed by atoms with Crippen molar-refractivity contribution >= 4 is 23.4 Å². The number of hydrazine groups is 1. The van der Waals surface area contributed by atoms with Gasteiger partial charge in [-0.05, 0) is 43.2 Å². The van der Waals surface area contributed by atoms with Crippen LogP contribution in [0, 0.1) is 0 Å². The van der Waals surface area contributed by atoms with Crippen molar-refractivity contribution in [3.05, 3.63) is 84.4 Å². The van der Waals surface area contributed by atoms with Crippen LogP contribution in [0.2, 0.25) is 0 Å². The van der Waals surface area contributed by atoms with Crippen molar-refractivity contribution in [2.45, 2.75) is 25.8 Å². The Labute approximate surface area is 192 Å². The number of anilines is 1.